The van der Waals surface area contributed by atoms with Crippen molar-refractivity contribution in [2.75, 3.05) is 0 Å². The fourth-order valence-corrected chi connectivity index (χ4v) is 0.591. The van der Waals surface area contributed by atoms with Crippen LogP contribution in [-0.4, -0.2) is 6.04 Å². The third-order valence-electron chi connectivity index (χ3n) is 1.29. The van der Waals surface area contributed by atoms with Gasteiger partial charge in [-0.05, 0) is 18.8 Å². The fourth-order valence-electron chi connectivity index (χ4n) is 0.591. The Kier molecular flexibility index (Phi) is 1.90. The van der Waals surface area contributed by atoms with Crippen LogP contribution in [0.4, 0.5) is 0 Å². The maximum Gasteiger partial charge on any atom is 0.0254 e. The van der Waals surface area contributed by atoms with E-state index < -0.39 is 0 Å². The number of nitrogens with one attached hydrogen (secondary N) is 1. The van der Waals surface area contributed by atoms with E-state index in [4.69, 9.17) is 0 Å². The summed E-state index contributed by atoms with van der Waals surface area (Å²) in [5, 5.41) is 3.28. The lowest BCUT2D eigenvalue weighted by Crippen LogP contribution is -2.19. The van der Waals surface area contributed by atoms with Crippen molar-refractivity contribution in [2.45, 2.75) is 32.7 Å². The van der Waals surface area contributed by atoms with Crippen molar-refractivity contribution in [3.63, 3.8) is 0 Å². The summed E-state index contributed by atoms with van der Waals surface area (Å²) in [6.07, 6.45) is 2.80. The van der Waals surface area contributed by atoms with Gasteiger partial charge in [-0.15, -0.1) is 0 Å². The molecule has 47 valence electrons. The average Bonchev–Trinajstić information content (AvgIpc) is 2.41. The van der Waals surface area contributed by atoms with Gasteiger partial charge in [0, 0.05) is 12.6 Å². The molecule has 1 saturated carbocycles. The Hall–Kier alpha value is -0.0400. The topological polar surface area (TPSA) is 12.0 Å². The molecule has 0 aliphatic heterocycles. The molecule has 0 spiro atoms. The zero-order valence-corrected chi connectivity index (χ0v) is 5.65. The highest BCUT2D eigenvalue weighted by atomic mass is 14.9. The second-order valence-corrected chi connectivity index (χ2v) is 2.83. The van der Waals surface area contributed by atoms with Gasteiger partial charge in [0.15, 0.2) is 0 Å². The molecule has 0 heterocycles. The normalized spacial score (nSPS) is 19.9. The van der Waals surface area contributed by atoms with E-state index in [0.717, 1.165) is 5.92 Å². The monoisotopic (exact) mass is 112 g/mol. The quantitative estimate of drug-likeness (QED) is 0.584. The number of hydrogen-bond donors (Lipinski definition) is 1. The highest BCUT2D eigenvalue weighted by molar-refractivity contribution is 4.85. The summed E-state index contributed by atoms with van der Waals surface area (Å²) in [5.41, 5.74) is 0. The van der Waals surface area contributed by atoms with E-state index in [-0.39, 0.29) is 0 Å². The van der Waals surface area contributed by atoms with Crippen LogP contribution >= 0.6 is 0 Å². The summed E-state index contributed by atoms with van der Waals surface area (Å²) in [5.74, 6) is 0.900. The Balaban J connectivity index is 1.87. The minimum atomic E-state index is 0.621. The minimum Gasteiger partial charge on any atom is -0.310 e. The molecule has 0 bridgehead atoms. The van der Waals surface area contributed by atoms with E-state index in [0.29, 0.717) is 6.04 Å². The smallest absolute Gasteiger partial charge is 0.0254 e. The maximum absolute atomic E-state index is 3.28. The summed E-state index contributed by atoms with van der Waals surface area (Å²) in [4.78, 5) is 0. The van der Waals surface area contributed by atoms with Gasteiger partial charge in [0.25, 0.3) is 0 Å². The molecule has 8 heavy (non-hydrogen) atoms. The summed E-state index contributed by atoms with van der Waals surface area (Å²) < 4.78 is 0. The van der Waals surface area contributed by atoms with Crippen LogP contribution in [0, 0.1) is 12.5 Å². The summed E-state index contributed by atoms with van der Waals surface area (Å²) in [6, 6.07) is 0.621. The van der Waals surface area contributed by atoms with Crippen molar-refractivity contribution < 1.29 is 0 Å². The van der Waals surface area contributed by atoms with E-state index in [2.05, 4.69) is 25.7 Å². The maximum atomic E-state index is 3.28. The van der Waals surface area contributed by atoms with Crippen molar-refractivity contribution in [3.8, 4) is 0 Å². The molecular formula is C7H14N. The molecule has 0 unspecified atom stereocenters. The van der Waals surface area contributed by atoms with E-state index >= 15 is 0 Å². The predicted octanol–water partition coefficient (Wildman–Crippen LogP) is 1.56. The molecule has 0 aromatic heterocycles. The Labute approximate surface area is 51.5 Å². The van der Waals surface area contributed by atoms with Crippen LogP contribution in [0.1, 0.15) is 26.7 Å². The molecular weight excluding hydrogens is 98.1 g/mol. The molecule has 1 nitrogen and oxygen atoms in total. The van der Waals surface area contributed by atoms with Crippen LogP contribution < -0.4 is 5.32 Å². The second-order valence-electron chi connectivity index (χ2n) is 2.83. The molecule has 0 aromatic rings. The summed E-state index contributed by atoms with van der Waals surface area (Å²) in [6.45, 7) is 6.56. The Morgan fingerprint density at radius 1 is 1.50 bits per heavy atom. The van der Waals surface area contributed by atoms with E-state index in [1.54, 1.807) is 0 Å². The van der Waals surface area contributed by atoms with Crippen LogP contribution in [0.25, 0.3) is 0 Å². The van der Waals surface area contributed by atoms with Gasteiger partial charge in [-0.3, -0.25) is 0 Å². The third kappa shape index (κ3) is 2.31. The predicted molar refractivity (Wildman–Crippen MR) is 35.3 cm³/mol. The highest BCUT2D eigenvalue weighted by Gasteiger charge is 2.20. The minimum absolute atomic E-state index is 0.621. The van der Waals surface area contributed by atoms with Gasteiger partial charge in [-0.2, -0.15) is 0 Å². The Morgan fingerprint density at radius 3 is 2.50 bits per heavy atom. The van der Waals surface area contributed by atoms with Gasteiger partial charge < -0.3 is 5.32 Å². The van der Waals surface area contributed by atoms with Crippen molar-refractivity contribution in [3.05, 3.63) is 6.54 Å². The van der Waals surface area contributed by atoms with Crippen molar-refractivity contribution in [1.82, 2.24) is 5.32 Å². The number of hydrogen-bond acceptors (Lipinski definition) is 1. The first kappa shape index (κ1) is 6.09. The van der Waals surface area contributed by atoms with Crippen molar-refractivity contribution >= 4 is 0 Å². The standard InChI is InChI=1S/C7H14N/c1-6(2)8-5-7-3-4-7/h5-8H,3-4H2,1-2H3. The van der Waals surface area contributed by atoms with E-state index in [1.807, 2.05) is 0 Å². The first-order chi connectivity index (χ1) is 3.79. The molecule has 1 fully saturated rings. The van der Waals surface area contributed by atoms with Crippen LogP contribution in [0.15, 0.2) is 0 Å². The van der Waals surface area contributed by atoms with Crippen LogP contribution in [0.5, 0.6) is 0 Å². The Morgan fingerprint density at radius 2 is 2.12 bits per heavy atom. The first-order valence-electron chi connectivity index (χ1n) is 3.38. The van der Waals surface area contributed by atoms with Gasteiger partial charge in [0.2, 0.25) is 0 Å². The lowest BCUT2D eigenvalue weighted by molar-refractivity contribution is 0.628. The largest absolute Gasteiger partial charge is 0.310 e. The van der Waals surface area contributed by atoms with E-state index in [9.17, 15) is 0 Å². The summed E-state index contributed by atoms with van der Waals surface area (Å²) in [7, 11) is 0. The molecule has 0 saturated heterocycles. The Bertz CT molecular complexity index is 62.8. The van der Waals surface area contributed by atoms with Gasteiger partial charge >= 0.3 is 0 Å². The average molecular weight is 112 g/mol. The zero-order valence-electron chi connectivity index (χ0n) is 5.65. The van der Waals surface area contributed by atoms with Gasteiger partial charge in [0.1, 0.15) is 0 Å². The summed E-state index contributed by atoms with van der Waals surface area (Å²) >= 11 is 0. The van der Waals surface area contributed by atoms with Gasteiger partial charge in [-0.25, -0.2) is 0 Å². The molecule has 1 aliphatic carbocycles. The molecule has 1 aliphatic rings. The SMILES string of the molecule is CC(C)N[CH]C1CC1. The fraction of sp³-hybridized carbons (Fsp3) is 0.857. The van der Waals surface area contributed by atoms with Crippen molar-refractivity contribution in [1.29, 1.82) is 0 Å². The lowest BCUT2D eigenvalue weighted by atomic mass is 10.3. The third-order valence-corrected chi connectivity index (χ3v) is 1.29. The molecule has 1 N–H and O–H groups in total. The molecule has 1 radical (unpaired) electrons. The van der Waals surface area contributed by atoms with Gasteiger partial charge in [0.05, 0.1) is 0 Å². The lowest BCUT2D eigenvalue weighted by Gasteiger charge is -2.04. The van der Waals surface area contributed by atoms with Gasteiger partial charge in [-0.1, -0.05) is 13.8 Å². The van der Waals surface area contributed by atoms with Crippen LogP contribution in [-0.2, 0) is 0 Å². The second kappa shape index (κ2) is 2.49. The van der Waals surface area contributed by atoms with Crippen LogP contribution in [0.3, 0.4) is 0 Å². The van der Waals surface area contributed by atoms with Crippen LogP contribution in [0.2, 0.25) is 0 Å². The zero-order chi connectivity index (χ0) is 5.98. The first-order valence-corrected chi connectivity index (χ1v) is 3.38. The van der Waals surface area contributed by atoms with E-state index in [1.165, 1.54) is 12.8 Å². The molecule has 1 heteroatoms. The highest BCUT2D eigenvalue weighted by Crippen LogP contribution is 2.30. The molecule has 0 aromatic carbocycles. The molecule has 0 amide bonds. The molecule has 0 atom stereocenters. The van der Waals surface area contributed by atoms with Crippen molar-refractivity contribution in [2.24, 2.45) is 5.92 Å². The number of rotatable bonds is 3. The molecule has 1 rings (SSSR count).